The zero-order chi connectivity index (χ0) is 11.3. The number of nitrogens with one attached hydrogen (secondary N) is 2. The molecule has 6 heteroatoms. The number of likely N-dealkylation sites (N-methyl/N-ethyl adjacent to an activating group) is 1. The highest BCUT2D eigenvalue weighted by molar-refractivity contribution is 6.29. The van der Waals surface area contributed by atoms with Crippen LogP contribution >= 0.6 is 11.6 Å². The van der Waals surface area contributed by atoms with Crippen molar-refractivity contribution >= 4 is 23.4 Å². The van der Waals surface area contributed by atoms with Crippen LogP contribution in [0.15, 0.2) is 18.2 Å². The number of amides is 2. The number of carbonyl (C=O) groups excluding carboxylic acids is 2. The van der Waals surface area contributed by atoms with E-state index in [1.807, 2.05) is 0 Å². The maximum atomic E-state index is 11.4. The Hall–Kier alpha value is -1.62. The van der Waals surface area contributed by atoms with Crippen LogP contribution in [-0.4, -0.2) is 30.4 Å². The third-order valence-corrected chi connectivity index (χ3v) is 1.85. The van der Waals surface area contributed by atoms with Gasteiger partial charge in [-0.3, -0.25) is 9.59 Å². The van der Waals surface area contributed by atoms with Gasteiger partial charge >= 0.3 is 0 Å². The smallest absolute Gasteiger partial charge is 0.270 e. The third-order valence-electron chi connectivity index (χ3n) is 1.64. The Balaban J connectivity index is 2.58. The average molecular weight is 228 g/mol. The number of carbonyl (C=O) groups is 2. The van der Waals surface area contributed by atoms with Crippen molar-refractivity contribution in [3.63, 3.8) is 0 Å². The predicted octanol–water partition coefficient (Wildman–Crippen LogP) is 0.211. The summed E-state index contributed by atoms with van der Waals surface area (Å²) in [5, 5.41) is 5.03. The molecule has 15 heavy (non-hydrogen) atoms. The lowest BCUT2D eigenvalue weighted by atomic mass is 10.3. The number of rotatable bonds is 3. The van der Waals surface area contributed by atoms with Gasteiger partial charge in [-0.1, -0.05) is 17.7 Å². The third kappa shape index (κ3) is 3.55. The van der Waals surface area contributed by atoms with Crippen molar-refractivity contribution < 1.29 is 9.59 Å². The first-order valence-corrected chi connectivity index (χ1v) is 4.62. The van der Waals surface area contributed by atoms with Gasteiger partial charge in [-0.05, 0) is 12.1 Å². The van der Waals surface area contributed by atoms with Crippen LogP contribution in [0.5, 0.6) is 0 Å². The molecular weight excluding hydrogens is 218 g/mol. The number of halogens is 1. The first-order chi connectivity index (χ1) is 7.13. The highest BCUT2D eigenvalue weighted by Crippen LogP contribution is 2.04. The van der Waals surface area contributed by atoms with E-state index in [1.165, 1.54) is 13.1 Å². The lowest BCUT2D eigenvalue weighted by molar-refractivity contribution is -0.119. The van der Waals surface area contributed by atoms with E-state index in [4.69, 9.17) is 11.6 Å². The van der Waals surface area contributed by atoms with Crippen LogP contribution in [0.25, 0.3) is 0 Å². The monoisotopic (exact) mass is 227 g/mol. The van der Waals surface area contributed by atoms with Gasteiger partial charge in [0.1, 0.15) is 10.8 Å². The lowest BCUT2D eigenvalue weighted by Gasteiger charge is -2.03. The minimum atomic E-state index is -0.430. The molecule has 80 valence electrons. The minimum Gasteiger partial charge on any atom is -0.358 e. The van der Waals surface area contributed by atoms with Gasteiger partial charge in [0.15, 0.2) is 0 Å². The van der Waals surface area contributed by atoms with Crippen LogP contribution in [0, 0.1) is 0 Å². The molecule has 0 aliphatic heterocycles. The van der Waals surface area contributed by atoms with Crippen molar-refractivity contribution in [3.8, 4) is 0 Å². The van der Waals surface area contributed by atoms with Gasteiger partial charge in [0.05, 0.1) is 6.54 Å². The number of hydrogen-bond acceptors (Lipinski definition) is 3. The molecule has 0 saturated carbocycles. The molecule has 1 heterocycles. The molecule has 0 spiro atoms. The zero-order valence-electron chi connectivity index (χ0n) is 8.08. The van der Waals surface area contributed by atoms with Gasteiger partial charge in [-0.15, -0.1) is 0 Å². The predicted molar refractivity (Wildman–Crippen MR) is 55.6 cm³/mol. The molecule has 0 aliphatic rings. The maximum Gasteiger partial charge on any atom is 0.270 e. The molecule has 2 N–H and O–H groups in total. The minimum absolute atomic E-state index is 0.0798. The van der Waals surface area contributed by atoms with E-state index >= 15 is 0 Å². The summed E-state index contributed by atoms with van der Waals surface area (Å²) in [4.78, 5) is 26.0. The number of pyridine rings is 1. The standard InChI is InChI=1S/C9H10ClN3O2/c1-11-8(14)5-12-9(15)6-3-2-4-7(10)13-6/h2-4H,5H2,1H3,(H,11,14)(H,12,15). The van der Waals surface area contributed by atoms with Crippen LogP contribution in [0.4, 0.5) is 0 Å². The van der Waals surface area contributed by atoms with E-state index < -0.39 is 5.91 Å². The molecule has 0 fully saturated rings. The van der Waals surface area contributed by atoms with E-state index in [-0.39, 0.29) is 23.3 Å². The summed E-state index contributed by atoms with van der Waals surface area (Å²) in [7, 11) is 1.49. The summed E-state index contributed by atoms with van der Waals surface area (Å²) in [6, 6.07) is 4.70. The number of aromatic nitrogens is 1. The molecular formula is C9H10ClN3O2. The van der Waals surface area contributed by atoms with Gasteiger partial charge in [-0.2, -0.15) is 0 Å². The first-order valence-electron chi connectivity index (χ1n) is 4.25. The van der Waals surface area contributed by atoms with E-state index in [0.717, 1.165) is 0 Å². The van der Waals surface area contributed by atoms with Crippen LogP contribution in [0.1, 0.15) is 10.5 Å². The molecule has 0 atom stereocenters. The molecule has 0 bridgehead atoms. The van der Waals surface area contributed by atoms with Gasteiger partial charge in [-0.25, -0.2) is 4.98 Å². The summed E-state index contributed by atoms with van der Waals surface area (Å²) in [6.45, 7) is -0.0798. The van der Waals surface area contributed by atoms with Crippen molar-refractivity contribution in [2.24, 2.45) is 0 Å². The van der Waals surface area contributed by atoms with Crippen molar-refractivity contribution in [2.75, 3.05) is 13.6 Å². The second kappa shape index (κ2) is 5.31. The van der Waals surface area contributed by atoms with Gasteiger partial charge in [0.25, 0.3) is 5.91 Å². The van der Waals surface area contributed by atoms with E-state index in [9.17, 15) is 9.59 Å². The highest BCUT2D eigenvalue weighted by atomic mass is 35.5. The fourth-order valence-corrected chi connectivity index (χ4v) is 1.04. The zero-order valence-corrected chi connectivity index (χ0v) is 8.84. The highest BCUT2D eigenvalue weighted by Gasteiger charge is 2.08. The molecule has 0 unspecified atom stereocenters. The topological polar surface area (TPSA) is 71.1 Å². The van der Waals surface area contributed by atoms with Gasteiger partial charge in [0, 0.05) is 7.05 Å². The Labute approximate surface area is 91.8 Å². The van der Waals surface area contributed by atoms with Crippen molar-refractivity contribution in [1.82, 2.24) is 15.6 Å². The van der Waals surface area contributed by atoms with E-state index in [0.29, 0.717) is 0 Å². The van der Waals surface area contributed by atoms with Crippen molar-refractivity contribution in [3.05, 3.63) is 29.0 Å². The molecule has 5 nitrogen and oxygen atoms in total. The fraction of sp³-hybridized carbons (Fsp3) is 0.222. The van der Waals surface area contributed by atoms with Gasteiger partial charge < -0.3 is 10.6 Å². The largest absolute Gasteiger partial charge is 0.358 e. The van der Waals surface area contributed by atoms with Crippen molar-refractivity contribution in [2.45, 2.75) is 0 Å². The summed E-state index contributed by atoms with van der Waals surface area (Å²) >= 11 is 5.61. The summed E-state index contributed by atoms with van der Waals surface area (Å²) < 4.78 is 0. The Kier molecular flexibility index (Phi) is 4.05. The normalized spacial score (nSPS) is 9.47. The summed E-state index contributed by atoms with van der Waals surface area (Å²) in [5.74, 6) is -0.702. The summed E-state index contributed by atoms with van der Waals surface area (Å²) in [6.07, 6.45) is 0. The van der Waals surface area contributed by atoms with E-state index in [1.54, 1.807) is 12.1 Å². The molecule has 0 saturated heterocycles. The molecule has 1 rings (SSSR count). The Bertz CT molecular complexity index is 381. The molecule has 1 aromatic heterocycles. The second-order valence-corrected chi connectivity index (χ2v) is 3.09. The Morgan fingerprint density at radius 3 is 2.80 bits per heavy atom. The lowest BCUT2D eigenvalue weighted by Crippen LogP contribution is -2.35. The molecule has 0 aliphatic carbocycles. The maximum absolute atomic E-state index is 11.4. The van der Waals surface area contributed by atoms with Crippen molar-refractivity contribution in [1.29, 1.82) is 0 Å². The van der Waals surface area contributed by atoms with Gasteiger partial charge in [0.2, 0.25) is 5.91 Å². The molecule has 2 amide bonds. The average Bonchev–Trinajstić information content (AvgIpc) is 2.25. The first kappa shape index (κ1) is 11.5. The van der Waals surface area contributed by atoms with Crippen LogP contribution in [0.2, 0.25) is 5.15 Å². The second-order valence-electron chi connectivity index (χ2n) is 2.70. The SMILES string of the molecule is CNC(=O)CNC(=O)c1cccc(Cl)n1. The quantitative estimate of drug-likeness (QED) is 0.726. The number of nitrogens with zero attached hydrogens (tertiary/aromatic N) is 1. The van der Waals surface area contributed by atoms with E-state index in [2.05, 4.69) is 15.6 Å². The Morgan fingerprint density at radius 1 is 1.47 bits per heavy atom. The molecule has 0 aromatic carbocycles. The van der Waals surface area contributed by atoms with Crippen LogP contribution < -0.4 is 10.6 Å². The Morgan fingerprint density at radius 2 is 2.20 bits per heavy atom. The fourth-order valence-electron chi connectivity index (χ4n) is 0.874. The molecule has 1 aromatic rings. The van der Waals surface area contributed by atoms with Crippen LogP contribution in [0.3, 0.4) is 0 Å². The number of hydrogen-bond donors (Lipinski definition) is 2. The van der Waals surface area contributed by atoms with Crippen LogP contribution in [-0.2, 0) is 4.79 Å². The molecule has 0 radical (unpaired) electrons. The summed E-state index contributed by atoms with van der Waals surface area (Å²) in [5.41, 5.74) is 0.186.